The molecule has 1 aromatic heterocycles. The first-order chi connectivity index (χ1) is 15.5. The maximum atomic E-state index is 13.1. The molecule has 1 aliphatic heterocycles. The number of carbonyl (C=O) groups excluding carboxylic acids is 2. The maximum Gasteiger partial charge on any atom is 0.259 e. The molecule has 1 fully saturated rings. The lowest BCUT2D eigenvalue weighted by atomic mass is 9.96. The molecule has 2 aromatic carbocycles. The van der Waals surface area contributed by atoms with Gasteiger partial charge in [0, 0.05) is 19.6 Å². The predicted octanol–water partition coefficient (Wildman–Crippen LogP) is 3.40. The standard InChI is InChI=1S/C25H27N3O4/c1-16-23(17(2)32-27-16)25(30)28-13-12-26-24(29)21(15-28)14-18-4-6-19(7-5-18)20-8-10-22(31-3)11-9-20/h4-11,21H,12-15H2,1-3H3,(H,26,29)/t21-/m0/s1. The second-order valence-electron chi connectivity index (χ2n) is 8.07. The number of nitrogens with one attached hydrogen (secondary N) is 1. The summed E-state index contributed by atoms with van der Waals surface area (Å²) in [6.07, 6.45) is 0.556. The number of amides is 2. The molecule has 1 atom stereocenters. The first-order valence-corrected chi connectivity index (χ1v) is 10.7. The quantitative estimate of drug-likeness (QED) is 0.667. The van der Waals surface area contributed by atoms with E-state index in [1.165, 1.54) is 0 Å². The minimum absolute atomic E-state index is 0.0294. The van der Waals surface area contributed by atoms with Gasteiger partial charge in [-0.3, -0.25) is 9.59 Å². The Labute approximate surface area is 187 Å². The van der Waals surface area contributed by atoms with Gasteiger partial charge in [0.2, 0.25) is 5.91 Å². The molecule has 7 heteroatoms. The van der Waals surface area contributed by atoms with Gasteiger partial charge in [-0.05, 0) is 49.1 Å². The van der Waals surface area contributed by atoms with Gasteiger partial charge in [0.15, 0.2) is 0 Å². The van der Waals surface area contributed by atoms with E-state index in [4.69, 9.17) is 9.26 Å². The first-order valence-electron chi connectivity index (χ1n) is 10.7. The summed E-state index contributed by atoms with van der Waals surface area (Å²) >= 11 is 0. The van der Waals surface area contributed by atoms with Crippen molar-refractivity contribution >= 4 is 11.8 Å². The third-order valence-corrected chi connectivity index (χ3v) is 5.89. The fourth-order valence-electron chi connectivity index (χ4n) is 4.09. The summed E-state index contributed by atoms with van der Waals surface area (Å²) in [6.45, 7) is 4.74. The van der Waals surface area contributed by atoms with Gasteiger partial charge in [-0.15, -0.1) is 0 Å². The van der Waals surface area contributed by atoms with E-state index in [-0.39, 0.29) is 17.7 Å². The third-order valence-electron chi connectivity index (χ3n) is 5.89. The van der Waals surface area contributed by atoms with Gasteiger partial charge in [-0.25, -0.2) is 0 Å². The Balaban J connectivity index is 1.48. The number of methoxy groups -OCH3 is 1. The van der Waals surface area contributed by atoms with Gasteiger partial charge in [0.1, 0.15) is 17.1 Å². The fourth-order valence-corrected chi connectivity index (χ4v) is 4.09. The Morgan fingerprint density at radius 1 is 1.12 bits per heavy atom. The molecule has 0 aliphatic carbocycles. The van der Waals surface area contributed by atoms with Crippen LogP contribution in [0.3, 0.4) is 0 Å². The Morgan fingerprint density at radius 3 is 2.38 bits per heavy atom. The van der Waals surface area contributed by atoms with Crippen molar-refractivity contribution in [1.29, 1.82) is 0 Å². The lowest BCUT2D eigenvalue weighted by Crippen LogP contribution is -2.37. The zero-order valence-corrected chi connectivity index (χ0v) is 18.6. The molecule has 3 aromatic rings. The van der Waals surface area contributed by atoms with Crippen LogP contribution in [0.15, 0.2) is 53.1 Å². The van der Waals surface area contributed by atoms with Crippen LogP contribution < -0.4 is 10.1 Å². The second-order valence-corrected chi connectivity index (χ2v) is 8.07. The van der Waals surface area contributed by atoms with Crippen LogP contribution >= 0.6 is 0 Å². The van der Waals surface area contributed by atoms with E-state index < -0.39 is 0 Å². The molecule has 32 heavy (non-hydrogen) atoms. The largest absolute Gasteiger partial charge is 0.497 e. The number of nitrogens with zero attached hydrogens (tertiary/aromatic N) is 2. The second kappa shape index (κ2) is 9.26. The van der Waals surface area contributed by atoms with E-state index in [9.17, 15) is 9.59 Å². The Morgan fingerprint density at radius 2 is 1.78 bits per heavy atom. The number of ether oxygens (including phenoxy) is 1. The van der Waals surface area contributed by atoms with Crippen molar-refractivity contribution in [3.8, 4) is 16.9 Å². The summed E-state index contributed by atoms with van der Waals surface area (Å²) in [5.74, 6) is 0.826. The van der Waals surface area contributed by atoms with Gasteiger partial charge >= 0.3 is 0 Å². The summed E-state index contributed by atoms with van der Waals surface area (Å²) in [6, 6.07) is 16.1. The summed E-state index contributed by atoms with van der Waals surface area (Å²) in [4.78, 5) is 27.5. The van der Waals surface area contributed by atoms with Gasteiger partial charge in [0.05, 0.1) is 18.7 Å². The Kier molecular flexibility index (Phi) is 6.25. The highest BCUT2D eigenvalue weighted by atomic mass is 16.5. The molecule has 4 rings (SSSR count). The van der Waals surface area contributed by atoms with Crippen LogP contribution in [0.4, 0.5) is 0 Å². The number of hydrogen-bond donors (Lipinski definition) is 1. The van der Waals surface area contributed by atoms with Crippen LogP contribution in [0.5, 0.6) is 5.75 Å². The van der Waals surface area contributed by atoms with E-state index in [1.807, 2.05) is 36.4 Å². The molecule has 0 radical (unpaired) electrons. The Bertz CT molecular complexity index is 1080. The lowest BCUT2D eigenvalue weighted by molar-refractivity contribution is -0.124. The van der Waals surface area contributed by atoms with Gasteiger partial charge in [-0.1, -0.05) is 41.6 Å². The van der Waals surface area contributed by atoms with E-state index in [2.05, 4.69) is 22.6 Å². The minimum atomic E-state index is -0.325. The van der Waals surface area contributed by atoms with Crippen LogP contribution in [0.1, 0.15) is 27.4 Å². The average Bonchev–Trinajstić information content (AvgIpc) is 3.03. The van der Waals surface area contributed by atoms with E-state index in [1.54, 1.807) is 25.9 Å². The fraction of sp³-hybridized carbons (Fsp3) is 0.320. The van der Waals surface area contributed by atoms with Crippen LogP contribution in [-0.2, 0) is 11.2 Å². The molecule has 166 valence electrons. The number of aromatic nitrogens is 1. The molecule has 1 aliphatic rings. The molecule has 0 unspecified atom stereocenters. The highest BCUT2D eigenvalue weighted by Gasteiger charge is 2.30. The van der Waals surface area contributed by atoms with Gasteiger partial charge < -0.3 is 19.5 Å². The van der Waals surface area contributed by atoms with Crippen molar-refractivity contribution in [1.82, 2.24) is 15.4 Å². The zero-order chi connectivity index (χ0) is 22.7. The molecule has 2 heterocycles. The van der Waals surface area contributed by atoms with Crippen molar-refractivity contribution in [2.24, 2.45) is 5.92 Å². The molecule has 1 saturated heterocycles. The smallest absolute Gasteiger partial charge is 0.259 e. The summed E-state index contributed by atoms with van der Waals surface area (Å²) in [7, 11) is 1.65. The first kappa shape index (κ1) is 21.6. The third kappa shape index (κ3) is 4.51. The van der Waals surface area contributed by atoms with Crippen molar-refractivity contribution in [3.63, 3.8) is 0 Å². The number of benzene rings is 2. The van der Waals surface area contributed by atoms with E-state index in [0.717, 1.165) is 22.4 Å². The maximum absolute atomic E-state index is 13.1. The molecule has 2 amide bonds. The van der Waals surface area contributed by atoms with Crippen LogP contribution in [0.25, 0.3) is 11.1 Å². The number of carbonyl (C=O) groups is 2. The molecule has 7 nitrogen and oxygen atoms in total. The number of aryl methyl sites for hydroxylation is 2. The molecule has 0 bridgehead atoms. The Hall–Kier alpha value is -3.61. The molecule has 0 spiro atoms. The minimum Gasteiger partial charge on any atom is -0.497 e. The SMILES string of the molecule is COc1ccc(-c2ccc(C[C@H]3CN(C(=O)c4c(C)noc4C)CCNC3=O)cc2)cc1. The highest BCUT2D eigenvalue weighted by molar-refractivity contribution is 5.96. The van der Waals surface area contributed by atoms with E-state index in [0.29, 0.717) is 43.1 Å². The normalized spacial score (nSPS) is 16.4. The molecule has 0 saturated carbocycles. The van der Waals surface area contributed by atoms with Crippen LogP contribution in [-0.4, -0.2) is 48.6 Å². The molecule has 1 N–H and O–H groups in total. The average molecular weight is 434 g/mol. The summed E-state index contributed by atoms with van der Waals surface area (Å²) < 4.78 is 10.4. The van der Waals surface area contributed by atoms with Crippen molar-refractivity contribution in [2.75, 3.05) is 26.7 Å². The topological polar surface area (TPSA) is 84.7 Å². The van der Waals surface area contributed by atoms with Crippen LogP contribution in [0, 0.1) is 19.8 Å². The van der Waals surface area contributed by atoms with Crippen molar-refractivity contribution in [2.45, 2.75) is 20.3 Å². The summed E-state index contributed by atoms with van der Waals surface area (Å²) in [5.41, 5.74) is 4.30. The van der Waals surface area contributed by atoms with Crippen LogP contribution in [0.2, 0.25) is 0 Å². The van der Waals surface area contributed by atoms with E-state index >= 15 is 0 Å². The van der Waals surface area contributed by atoms with Crippen molar-refractivity contribution < 1.29 is 18.8 Å². The van der Waals surface area contributed by atoms with Gasteiger partial charge in [-0.2, -0.15) is 0 Å². The molecular weight excluding hydrogens is 406 g/mol. The molecular formula is C25H27N3O4. The monoisotopic (exact) mass is 433 g/mol. The number of rotatable bonds is 5. The van der Waals surface area contributed by atoms with Gasteiger partial charge in [0.25, 0.3) is 5.91 Å². The number of hydrogen-bond acceptors (Lipinski definition) is 5. The zero-order valence-electron chi connectivity index (χ0n) is 18.6. The predicted molar refractivity (Wildman–Crippen MR) is 121 cm³/mol. The van der Waals surface area contributed by atoms with Crippen molar-refractivity contribution in [3.05, 3.63) is 71.1 Å². The highest BCUT2D eigenvalue weighted by Crippen LogP contribution is 2.24. The summed E-state index contributed by atoms with van der Waals surface area (Å²) in [5, 5.41) is 6.83. The lowest BCUT2D eigenvalue weighted by Gasteiger charge is -2.23.